The zero-order valence-corrected chi connectivity index (χ0v) is 8.17. The molecule has 0 saturated carbocycles. The summed E-state index contributed by atoms with van der Waals surface area (Å²) in [4.78, 5) is 21.4. The zero-order valence-electron chi connectivity index (χ0n) is 7.36. The standard InChI is InChI=1S/C8H12O4S/c1-12-8(11)6(3-2-4-13)5-7(9)10/h4,6H,2-3,5H2,1H3,(H,9,10). The molecule has 0 aromatic carbocycles. The Morgan fingerprint density at radius 2 is 2.23 bits per heavy atom. The molecular formula is C8H12O4S. The van der Waals surface area contributed by atoms with E-state index in [9.17, 15) is 9.59 Å². The molecule has 0 heterocycles. The molecule has 1 atom stereocenters. The number of carbonyl (C=O) groups is 2. The van der Waals surface area contributed by atoms with Crippen LogP contribution in [-0.2, 0) is 14.3 Å². The van der Waals surface area contributed by atoms with E-state index in [0.717, 1.165) is 0 Å². The van der Waals surface area contributed by atoms with E-state index in [1.807, 2.05) is 0 Å². The van der Waals surface area contributed by atoms with Crippen LogP contribution in [0, 0.1) is 5.92 Å². The molecule has 0 radical (unpaired) electrons. The smallest absolute Gasteiger partial charge is 0.309 e. The van der Waals surface area contributed by atoms with Crippen molar-refractivity contribution in [3.63, 3.8) is 0 Å². The monoisotopic (exact) mass is 204 g/mol. The second-order valence-electron chi connectivity index (χ2n) is 2.56. The van der Waals surface area contributed by atoms with Crippen LogP contribution in [-0.4, -0.2) is 29.5 Å². The van der Waals surface area contributed by atoms with Crippen LogP contribution in [0.25, 0.3) is 0 Å². The molecule has 0 aliphatic carbocycles. The van der Waals surface area contributed by atoms with Gasteiger partial charge in [0.1, 0.15) is 0 Å². The Balaban J connectivity index is 4.09. The van der Waals surface area contributed by atoms with Crippen molar-refractivity contribution < 1.29 is 19.4 Å². The summed E-state index contributed by atoms with van der Waals surface area (Å²) in [5.74, 6) is -2.07. The Labute approximate surface area is 81.9 Å². The quantitative estimate of drug-likeness (QED) is 0.517. The number of rotatable bonds is 6. The molecule has 0 aromatic heterocycles. The van der Waals surface area contributed by atoms with E-state index in [-0.39, 0.29) is 6.42 Å². The third kappa shape index (κ3) is 5.30. The first-order valence-electron chi connectivity index (χ1n) is 3.85. The van der Waals surface area contributed by atoms with Crippen LogP contribution < -0.4 is 0 Å². The van der Waals surface area contributed by atoms with Crippen LogP contribution in [0.5, 0.6) is 0 Å². The summed E-state index contributed by atoms with van der Waals surface area (Å²) in [6, 6.07) is 0. The van der Waals surface area contributed by atoms with Crippen molar-refractivity contribution in [2.45, 2.75) is 19.3 Å². The first-order valence-corrected chi connectivity index (χ1v) is 4.32. The van der Waals surface area contributed by atoms with Gasteiger partial charge in [0.2, 0.25) is 0 Å². The minimum atomic E-state index is -1.00. The molecule has 0 bridgehead atoms. The number of hydrogen-bond acceptors (Lipinski definition) is 4. The lowest BCUT2D eigenvalue weighted by Crippen LogP contribution is -2.19. The fraction of sp³-hybridized carbons (Fsp3) is 0.625. The van der Waals surface area contributed by atoms with Crippen molar-refractivity contribution >= 4 is 29.5 Å². The van der Waals surface area contributed by atoms with Gasteiger partial charge in [-0.3, -0.25) is 9.59 Å². The third-order valence-corrected chi connectivity index (χ3v) is 1.82. The molecule has 74 valence electrons. The summed E-state index contributed by atoms with van der Waals surface area (Å²) in [7, 11) is 1.24. The van der Waals surface area contributed by atoms with Crippen LogP contribution in [0.4, 0.5) is 0 Å². The predicted octanol–water partition coefficient (Wildman–Crippen LogP) is 1.03. The highest BCUT2D eigenvalue weighted by Gasteiger charge is 2.21. The van der Waals surface area contributed by atoms with E-state index in [2.05, 4.69) is 17.0 Å². The van der Waals surface area contributed by atoms with E-state index in [0.29, 0.717) is 12.8 Å². The molecule has 0 aromatic rings. The average Bonchev–Trinajstić information content (AvgIpc) is 2.10. The van der Waals surface area contributed by atoms with Gasteiger partial charge in [-0.2, -0.15) is 0 Å². The summed E-state index contributed by atoms with van der Waals surface area (Å²) in [6.45, 7) is 0. The van der Waals surface area contributed by atoms with Crippen LogP contribution in [0.15, 0.2) is 0 Å². The number of carbonyl (C=O) groups excluding carboxylic acids is 1. The highest BCUT2D eigenvalue weighted by Crippen LogP contribution is 2.12. The summed E-state index contributed by atoms with van der Waals surface area (Å²) < 4.78 is 4.46. The maximum Gasteiger partial charge on any atom is 0.309 e. The van der Waals surface area contributed by atoms with Crippen LogP contribution in [0.3, 0.4) is 0 Å². The van der Waals surface area contributed by atoms with Crippen LogP contribution in [0.1, 0.15) is 19.3 Å². The topological polar surface area (TPSA) is 63.6 Å². The molecule has 1 N–H and O–H groups in total. The van der Waals surface area contributed by atoms with E-state index in [1.165, 1.54) is 12.5 Å². The van der Waals surface area contributed by atoms with E-state index < -0.39 is 17.9 Å². The molecular weight excluding hydrogens is 192 g/mol. The number of ether oxygens (including phenoxy) is 1. The van der Waals surface area contributed by atoms with Gasteiger partial charge in [-0.15, -0.1) is 0 Å². The van der Waals surface area contributed by atoms with Gasteiger partial charge in [0.05, 0.1) is 19.4 Å². The fourth-order valence-electron chi connectivity index (χ4n) is 0.950. The molecule has 0 rings (SSSR count). The molecule has 0 fully saturated rings. The van der Waals surface area contributed by atoms with Gasteiger partial charge < -0.3 is 9.84 Å². The highest BCUT2D eigenvalue weighted by molar-refractivity contribution is 7.78. The minimum Gasteiger partial charge on any atom is -0.481 e. The van der Waals surface area contributed by atoms with Crippen molar-refractivity contribution in [3.05, 3.63) is 0 Å². The van der Waals surface area contributed by atoms with E-state index >= 15 is 0 Å². The molecule has 0 aliphatic rings. The number of aliphatic carboxylic acids is 1. The van der Waals surface area contributed by atoms with Gasteiger partial charge >= 0.3 is 11.9 Å². The Morgan fingerprint density at radius 3 is 2.62 bits per heavy atom. The average molecular weight is 204 g/mol. The maximum absolute atomic E-state index is 11.0. The summed E-state index contributed by atoms with van der Waals surface area (Å²) in [6.07, 6.45) is 0.778. The number of carboxylic acids is 1. The van der Waals surface area contributed by atoms with Crippen molar-refractivity contribution in [2.75, 3.05) is 7.11 Å². The normalized spacial score (nSPS) is 11.8. The summed E-state index contributed by atoms with van der Waals surface area (Å²) >= 11 is 4.58. The van der Waals surface area contributed by atoms with Crippen molar-refractivity contribution in [3.8, 4) is 0 Å². The molecule has 0 amide bonds. The Hall–Kier alpha value is -0.970. The van der Waals surface area contributed by atoms with Crippen LogP contribution >= 0.6 is 12.2 Å². The first kappa shape index (κ1) is 12.0. The van der Waals surface area contributed by atoms with Gasteiger partial charge in [-0.05, 0) is 18.2 Å². The summed E-state index contributed by atoms with van der Waals surface area (Å²) in [5.41, 5.74) is 0. The Morgan fingerprint density at radius 1 is 1.62 bits per heavy atom. The maximum atomic E-state index is 11.0. The number of esters is 1. The molecule has 13 heavy (non-hydrogen) atoms. The van der Waals surface area contributed by atoms with Gasteiger partial charge in [0.15, 0.2) is 0 Å². The van der Waals surface area contributed by atoms with Gasteiger partial charge in [-0.25, -0.2) is 0 Å². The Kier molecular flexibility index (Phi) is 6.05. The molecule has 5 heteroatoms. The largest absolute Gasteiger partial charge is 0.481 e. The van der Waals surface area contributed by atoms with E-state index in [4.69, 9.17) is 5.11 Å². The fourth-order valence-corrected chi connectivity index (χ4v) is 1.09. The van der Waals surface area contributed by atoms with Gasteiger partial charge in [-0.1, -0.05) is 12.2 Å². The lowest BCUT2D eigenvalue weighted by Gasteiger charge is -2.10. The second kappa shape index (κ2) is 6.54. The lowest BCUT2D eigenvalue weighted by molar-refractivity contribution is -0.150. The summed E-state index contributed by atoms with van der Waals surface area (Å²) in [5, 5.41) is 9.97. The SMILES string of the molecule is COC(=O)C(CCC=S)CC(=O)O. The lowest BCUT2D eigenvalue weighted by atomic mass is 10.0. The van der Waals surface area contributed by atoms with Crippen molar-refractivity contribution in [1.29, 1.82) is 0 Å². The Bertz CT molecular complexity index is 202. The third-order valence-electron chi connectivity index (χ3n) is 1.59. The number of methoxy groups -OCH3 is 1. The number of thiocarbonyl (C=S) groups is 1. The zero-order chi connectivity index (χ0) is 10.3. The molecule has 4 nitrogen and oxygen atoms in total. The second-order valence-corrected chi connectivity index (χ2v) is 2.90. The molecule has 0 spiro atoms. The minimum absolute atomic E-state index is 0.199. The number of carboxylic acid groups (broad SMARTS) is 1. The predicted molar refractivity (Wildman–Crippen MR) is 50.6 cm³/mol. The van der Waals surface area contributed by atoms with Crippen molar-refractivity contribution in [1.82, 2.24) is 0 Å². The number of hydrogen-bond donors (Lipinski definition) is 1. The van der Waals surface area contributed by atoms with Crippen LogP contribution in [0.2, 0.25) is 0 Å². The molecule has 0 aliphatic heterocycles. The van der Waals surface area contributed by atoms with E-state index in [1.54, 1.807) is 0 Å². The van der Waals surface area contributed by atoms with Crippen molar-refractivity contribution in [2.24, 2.45) is 5.92 Å². The molecule has 0 saturated heterocycles. The van der Waals surface area contributed by atoms with Gasteiger partial charge in [0.25, 0.3) is 0 Å². The molecule has 1 unspecified atom stereocenters. The van der Waals surface area contributed by atoms with Gasteiger partial charge in [0, 0.05) is 0 Å². The highest BCUT2D eigenvalue weighted by atomic mass is 32.1. The first-order chi connectivity index (χ1) is 6.11.